The minimum atomic E-state index is -0.342. The number of rotatable bonds is 1. The van der Waals surface area contributed by atoms with E-state index in [1.165, 1.54) is 50.1 Å². The van der Waals surface area contributed by atoms with E-state index in [0.717, 1.165) is 27.5 Å². The minimum Gasteiger partial charge on any atom is -0.456 e. The van der Waals surface area contributed by atoms with E-state index in [1.807, 2.05) is 18.2 Å². The summed E-state index contributed by atoms with van der Waals surface area (Å²) in [5, 5.41) is 2.73. The van der Waals surface area contributed by atoms with Crippen LogP contribution in [-0.4, -0.2) is 0 Å². The summed E-state index contributed by atoms with van der Waals surface area (Å²) >= 11 is 6.65. The van der Waals surface area contributed by atoms with Gasteiger partial charge in [-0.3, -0.25) is 0 Å². The third-order valence-electron chi connectivity index (χ3n) is 8.78. The Balaban J connectivity index is 1.40. The van der Waals surface area contributed by atoms with Crippen LogP contribution in [0.3, 0.4) is 0 Å². The highest BCUT2D eigenvalue weighted by Crippen LogP contribution is 2.63. The molecule has 0 aliphatic heterocycles. The Labute approximate surface area is 230 Å². The molecule has 1 aromatic heterocycles. The molecule has 0 atom stereocenters. The van der Waals surface area contributed by atoms with Gasteiger partial charge in [-0.1, -0.05) is 115 Å². The Bertz CT molecular complexity index is 2100. The summed E-state index contributed by atoms with van der Waals surface area (Å²) < 4.78 is 6.14. The van der Waals surface area contributed by atoms with Crippen LogP contribution in [-0.2, 0) is 5.41 Å². The molecule has 7 aromatic rings. The molecule has 1 heterocycles. The number of hydrogen-bond donors (Lipinski definition) is 0. The molecular formula is C37H21ClO. The lowest BCUT2D eigenvalue weighted by Crippen LogP contribution is -2.25. The third-order valence-corrected chi connectivity index (χ3v) is 9.09. The van der Waals surface area contributed by atoms with E-state index in [4.69, 9.17) is 16.0 Å². The van der Waals surface area contributed by atoms with Gasteiger partial charge in [0.05, 0.1) is 10.4 Å². The van der Waals surface area contributed by atoms with Crippen LogP contribution in [0.25, 0.3) is 55.3 Å². The molecule has 1 spiro atoms. The fraction of sp³-hybridized carbons (Fsp3) is 0.0270. The molecule has 0 saturated heterocycles. The van der Waals surface area contributed by atoms with Crippen molar-refractivity contribution in [2.45, 2.75) is 5.41 Å². The van der Waals surface area contributed by atoms with E-state index in [-0.39, 0.29) is 5.41 Å². The first kappa shape index (κ1) is 21.4. The molecule has 2 heteroatoms. The van der Waals surface area contributed by atoms with Gasteiger partial charge in [-0.25, -0.2) is 0 Å². The van der Waals surface area contributed by atoms with Gasteiger partial charge >= 0.3 is 0 Å². The summed E-state index contributed by atoms with van der Waals surface area (Å²) in [5.74, 6) is 0. The van der Waals surface area contributed by atoms with Crippen molar-refractivity contribution < 1.29 is 4.42 Å². The quantitative estimate of drug-likeness (QED) is 0.211. The lowest BCUT2D eigenvalue weighted by Gasteiger charge is -2.30. The lowest BCUT2D eigenvalue weighted by atomic mass is 9.70. The molecule has 0 bridgehead atoms. The van der Waals surface area contributed by atoms with Gasteiger partial charge in [-0.05, 0) is 79.9 Å². The number of fused-ring (bicyclic) bond motifs is 13. The molecule has 0 saturated carbocycles. The second-order valence-corrected chi connectivity index (χ2v) is 10.9. The van der Waals surface area contributed by atoms with Crippen LogP contribution >= 0.6 is 11.6 Å². The molecule has 182 valence electrons. The van der Waals surface area contributed by atoms with Crippen molar-refractivity contribution in [2.75, 3.05) is 0 Å². The highest BCUT2D eigenvalue weighted by molar-refractivity contribution is 6.37. The predicted octanol–water partition coefficient (Wildman–Crippen LogP) is 10.2. The van der Waals surface area contributed by atoms with E-state index >= 15 is 0 Å². The smallest absolute Gasteiger partial charge is 0.136 e. The molecule has 6 aromatic carbocycles. The lowest BCUT2D eigenvalue weighted by molar-refractivity contribution is 0.669. The van der Waals surface area contributed by atoms with Crippen molar-refractivity contribution >= 4 is 33.5 Å². The zero-order valence-electron chi connectivity index (χ0n) is 20.9. The van der Waals surface area contributed by atoms with E-state index < -0.39 is 0 Å². The van der Waals surface area contributed by atoms with Gasteiger partial charge < -0.3 is 4.42 Å². The first-order valence-electron chi connectivity index (χ1n) is 13.3. The maximum absolute atomic E-state index is 6.65. The van der Waals surface area contributed by atoms with Crippen LogP contribution < -0.4 is 0 Å². The standard InChI is InChI=1S/C37H21ClO/c38-32-17-8-18-34-36(32)27-21-22(19-20-33(27)39-34)23-12-7-16-31-35(23)26-11-3-6-15-30(26)37(31)28-13-4-1-9-24(28)25-10-2-5-14-29(25)37/h1-21H. The maximum Gasteiger partial charge on any atom is 0.136 e. The Kier molecular flexibility index (Phi) is 4.11. The van der Waals surface area contributed by atoms with E-state index in [1.54, 1.807) is 0 Å². The SMILES string of the molecule is Clc1cccc2oc3ccc(-c4cccc5c4-c4ccccc4C54c5ccccc5-c5ccccc54)cc3c12. The van der Waals surface area contributed by atoms with E-state index in [9.17, 15) is 0 Å². The predicted molar refractivity (Wildman–Crippen MR) is 160 cm³/mol. The fourth-order valence-corrected chi connectivity index (χ4v) is 7.60. The minimum absolute atomic E-state index is 0.342. The molecule has 0 unspecified atom stereocenters. The Morgan fingerprint density at radius 2 is 1.08 bits per heavy atom. The number of benzene rings is 6. The van der Waals surface area contributed by atoms with Gasteiger partial charge in [0, 0.05) is 10.8 Å². The highest BCUT2D eigenvalue weighted by atomic mass is 35.5. The van der Waals surface area contributed by atoms with Gasteiger partial charge in [0.2, 0.25) is 0 Å². The van der Waals surface area contributed by atoms with Crippen LogP contribution in [0.1, 0.15) is 22.3 Å². The highest BCUT2D eigenvalue weighted by Gasteiger charge is 2.51. The number of hydrogen-bond acceptors (Lipinski definition) is 1. The largest absolute Gasteiger partial charge is 0.456 e. The van der Waals surface area contributed by atoms with Crippen molar-refractivity contribution in [1.29, 1.82) is 0 Å². The topological polar surface area (TPSA) is 13.1 Å². The second-order valence-electron chi connectivity index (χ2n) is 10.5. The van der Waals surface area contributed by atoms with Crippen LogP contribution in [0.15, 0.2) is 132 Å². The van der Waals surface area contributed by atoms with Gasteiger partial charge in [-0.15, -0.1) is 0 Å². The Morgan fingerprint density at radius 1 is 0.487 bits per heavy atom. The zero-order chi connectivity index (χ0) is 25.7. The number of furan rings is 1. The van der Waals surface area contributed by atoms with E-state index in [0.29, 0.717) is 5.02 Å². The molecule has 2 aliphatic rings. The number of halogens is 1. The second kappa shape index (κ2) is 7.50. The average Bonchev–Trinajstić information content (AvgIpc) is 3.61. The van der Waals surface area contributed by atoms with Crippen molar-refractivity contribution in [1.82, 2.24) is 0 Å². The molecule has 39 heavy (non-hydrogen) atoms. The Morgan fingerprint density at radius 3 is 1.82 bits per heavy atom. The molecule has 2 aliphatic carbocycles. The maximum atomic E-state index is 6.65. The summed E-state index contributed by atoms with van der Waals surface area (Å²) in [6.45, 7) is 0. The fourth-order valence-electron chi connectivity index (χ4n) is 7.34. The molecule has 0 amide bonds. The molecule has 1 nitrogen and oxygen atoms in total. The molecule has 0 N–H and O–H groups in total. The summed E-state index contributed by atoms with van der Waals surface area (Å²) in [6.07, 6.45) is 0. The summed E-state index contributed by atoms with van der Waals surface area (Å²) in [5.41, 5.74) is 14.4. The first-order chi connectivity index (χ1) is 19.3. The Hall–Kier alpha value is -4.59. The van der Waals surface area contributed by atoms with Gasteiger partial charge in [0.25, 0.3) is 0 Å². The van der Waals surface area contributed by atoms with Crippen molar-refractivity contribution in [3.63, 3.8) is 0 Å². The molecule has 0 fully saturated rings. The van der Waals surface area contributed by atoms with Crippen molar-refractivity contribution in [3.05, 3.63) is 155 Å². The molecule has 9 rings (SSSR count). The first-order valence-corrected chi connectivity index (χ1v) is 13.7. The third kappa shape index (κ3) is 2.56. The van der Waals surface area contributed by atoms with Gasteiger partial charge in [-0.2, -0.15) is 0 Å². The monoisotopic (exact) mass is 516 g/mol. The van der Waals surface area contributed by atoms with E-state index in [2.05, 4.69) is 109 Å². The van der Waals surface area contributed by atoms with Crippen LogP contribution in [0, 0.1) is 0 Å². The van der Waals surface area contributed by atoms with Crippen molar-refractivity contribution in [3.8, 4) is 33.4 Å². The molecular weight excluding hydrogens is 496 g/mol. The van der Waals surface area contributed by atoms with Gasteiger partial charge in [0.15, 0.2) is 0 Å². The normalized spacial score (nSPS) is 14.0. The molecule has 0 radical (unpaired) electrons. The van der Waals surface area contributed by atoms with Gasteiger partial charge in [0.1, 0.15) is 11.2 Å². The van der Waals surface area contributed by atoms with Crippen LogP contribution in [0.2, 0.25) is 5.02 Å². The van der Waals surface area contributed by atoms with Crippen LogP contribution in [0.5, 0.6) is 0 Å². The summed E-state index contributed by atoms with van der Waals surface area (Å²) in [7, 11) is 0. The summed E-state index contributed by atoms with van der Waals surface area (Å²) in [4.78, 5) is 0. The summed E-state index contributed by atoms with van der Waals surface area (Å²) in [6, 6.07) is 46.0. The van der Waals surface area contributed by atoms with Crippen LogP contribution in [0.4, 0.5) is 0 Å². The van der Waals surface area contributed by atoms with Crippen molar-refractivity contribution in [2.24, 2.45) is 0 Å². The zero-order valence-corrected chi connectivity index (χ0v) is 21.7. The average molecular weight is 517 g/mol.